The van der Waals surface area contributed by atoms with E-state index in [1.165, 1.54) is 0 Å². The molecule has 3 N–H and O–H groups in total. The Morgan fingerprint density at radius 3 is 2.79 bits per heavy atom. The van der Waals surface area contributed by atoms with Crippen LogP contribution in [0, 0.1) is 5.92 Å². The van der Waals surface area contributed by atoms with Gasteiger partial charge in [-0.15, -0.1) is 0 Å². The predicted molar refractivity (Wildman–Crippen MR) is 54.2 cm³/mol. The zero-order valence-electron chi connectivity index (χ0n) is 8.32. The van der Waals surface area contributed by atoms with Crippen LogP contribution in [-0.4, -0.2) is 16.1 Å². The van der Waals surface area contributed by atoms with E-state index >= 15 is 0 Å². The lowest BCUT2D eigenvalue weighted by molar-refractivity contribution is 0.0697. The van der Waals surface area contributed by atoms with Crippen molar-refractivity contribution in [2.45, 2.75) is 20.3 Å². The van der Waals surface area contributed by atoms with Crippen molar-refractivity contribution in [1.29, 1.82) is 0 Å². The van der Waals surface area contributed by atoms with Gasteiger partial charge in [-0.05, 0) is 24.0 Å². The second kappa shape index (κ2) is 4.09. The molecule has 0 aliphatic heterocycles. The summed E-state index contributed by atoms with van der Waals surface area (Å²) >= 11 is 0. The first kappa shape index (κ1) is 10.5. The fourth-order valence-corrected chi connectivity index (χ4v) is 1.27. The lowest BCUT2D eigenvalue weighted by Gasteiger charge is -2.06. The number of pyridine rings is 1. The first-order valence-corrected chi connectivity index (χ1v) is 4.48. The van der Waals surface area contributed by atoms with Crippen molar-refractivity contribution in [2.24, 2.45) is 5.92 Å². The van der Waals surface area contributed by atoms with Gasteiger partial charge >= 0.3 is 5.97 Å². The Hall–Kier alpha value is -1.58. The number of aromatic nitrogens is 1. The highest BCUT2D eigenvalue weighted by atomic mass is 16.4. The largest absolute Gasteiger partial charge is 0.478 e. The standard InChI is InChI=1S/C10H14N2O2/c1-6(2)3-7-4-8(10(13)14)9(11)12-5-7/h4-6H,3H2,1-2H3,(H2,11,12)(H,13,14). The van der Waals surface area contributed by atoms with Crippen molar-refractivity contribution in [1.82, 2.24) is 4.98 Å². The number of anilines is 1. The summed E-state index contributed by atoms with van der Waals surface area (Å²) in [6.07, 6.45) is 2.44. The molecule has 0 aromatic carbocycles. The van der Waals surface area contributed by atoms with E-state index in [0.717, 1.165) is 12.0 Å². The monoisotopic (exact) mass is 194 g/mol. The SMILES string of the molecule is CC(C)Cc1cnc(N)c(C(=O)O)c1. The van der Waals surface area contributed by atoms with Gasteiger partial charge in [0.1, 0.15) is 11.4 Å². The fourth-order valence-electron chi connectivity index (χ4n) is 1.27. The minimum atomic E-state index is -1.03. The average molecular weight is 194 g/mol. The molecule has 0 amide bonds. The minimum Gasteiger partial charge on any atom is -0.478 e. The second-order valence-corrected chi connectivity index (χ2v) is 3.68. The Bertz CT molecular complexity index is 348. The summed E-state index contributed by atoms with van der Waals surface area (Å²) in [5, 5.41) is 8.80. The molecule has 0 spiro atoms. The molecule has 4 nitrogen and oxygen atoms in total. The molecule has 1 aromatic rings. The Morgan fingerprint density at radius 1 is 1.64 bits per heavy atom. The van der Waals surface area contributed by atoms with E-state index in [1.54, 1.807) is 12.3 Å². The summed E-state index contributed by atoms with van der Waals surface area (Å²) < 4.78 is 0. The van der Waals surface area contributed by atoms with E-state index in [2.05, 4.69) is 18.8 Å². The predicted octanol–water partition coefficient (Wildman–Crippen LogP) is 1.56. The number of carboxylic acid groups (broad SMARTS) is 1. The van der Waals surface area contributed by atoms with Crippen molar-refractivity contribution in [3.63, 3.8) is 0 Å². The third-order valence-corrected chi connectivity index (χ3v) is 1.85. The van der Waals surface area contributed by atoms with E-state index in [1.807, 2.05) is 0 Å². The number of rotatable bonds is 3. The first-order valence-electron chi connectivity index (χ1n) is 4.48. The van der Waals surface area contributed by atoms with Crippen LogP contribution in [0.5, 0.6) is 0 Å². The van der Waals surface area contributed by atoms with Crippen molar-refractivity contribution >= 4 is 11.8 Å². The van der Waals surface area contributed by atoms with Gasteiger partial charge < -0.3 is 10.8 Å². The number of nitrogen functional groups attached to an aromatic ring is 1. The number of nitrogens with zero attached hydrogens (tertiary/aromatic N) is 1. The van der Waals surface area contributed by atoms with Gasteiger partial charge in [0.05, 0.1) is 0 Å². The molecule has 0 bridgehead atoms. The number of nitrogens with two attached hydrogens (primary N) is 1. The Kier molecular flexibility index (Phi) is 3.06. The lowest BCUT2D eigenvalue weighted by atomic mass is 10.0. The molecule has 0 radical (unpaired) electrons. The number of hydrogen-bond acceptors (Lipinski definition) is 3. The zero-order valence-corrected chi connectivity index (χ0v) is 8.32. The molecule has 0 fully saturated rings. The lowest BCUT2D eigenvalue weighted by Crippen LogP contribution is -2.06. The third kappa shape index (κ3) is 2.45. The fraction of sp³-hybridized carbons (Fsp3) is 0.400. The summed E-state index contributed by atoms with van der Waals surface area (Å²) in [4.78, 5) is 14.6. The van der Waals surface area contributed by atoms with E-state index in [0.29, 0.717) is 5.92 Å². The highest BCUT2D eigenvalue weighted by molar-refractivity contribution is 5.92. The van der Waals surface area contributed by atoms with E-state index < -0.39 is 5.97 Å². The highest BCUT2D eigenvalue weighted by Gasteiger charge is 2.10. The van der Waals surface area contributed by atoms with Gasteiger partial charge in [0.2, 0.25) is 0 Å². The maximum Gasteiger partial charge on any atom is 0.339 e. The zero-order chi connectivity index (χ0) is 10.7. The van der Waals surface area contributed by atoms with E-state index in [4.69, 9.17) is 10.8 Å². The van der Waals surface area contributed by atoms with Gasteiger partial charge in [0.25, 0.3) is 0 Å². The van der Waals surface area contributed by atoms with Crippen molar-refractivity contribution in [3.8, 4) is 0 Å². The van der Waals surface area contributed by atoms with Gasteiger partial charge in [0.15, 0.2) is 0 Å². The van der Waals surface area contributed by atoms with Gasteiger partial charge in [-0.1, -0.05) is 13.8 Å². The summed E-state index contributed by atoms with van der Waals surface area (Å²) in [6, 6.07) is 1.59. The second-order valence-electron chi connectivity index (χ2n) is 3.68. The van der Waals surface area contributed by atoms with Crippen LogP contribution >= 0.6 is 0 Å². The van der Waals surface area contributed by atoms with Gasteiger partial charge in [-0.2, -0.15) is 0 Å². The van der Waals surface area contributed by atoms with Crippen LogP contribution in [0.2, 0.25) is 0 Å². The smallest absolute Gasteiger partial charge is 0.339 e. The molecule has 1 heterocycles. The van der Waals surface area contributed by atoms with Crippen molar-refractivity contribution < 1.29 is 9.90 Å². The Morgan fingerprint density at radius 2 is 2.29 bits per heavy atom. The molecule has 0 atom stereocenters. The number of carbonyl (C=O) groups is 1. The summed E-state index contributed by atoms with van der Waals surface area (Å²) in [6.45, 7) is 4.13. The highest BCUT2D eigenvalue weighted by Crippen LogP contribution is 2.13. The quantitative estimate of drug-likeness (QED) is 0.765. The molecule has 4 heteroatoms. The van der Waals surface area contributed by atoms with E-state index in [-0.39, 0.29) is 11.4 Å². The molecular formula is C10H14N2O2. The molecule has 0 unspecified atom stereocenters. The first-order chi connectivity index (χ1) is 6.50. The molecular weight excluding hydrogens is 180 g/mol. The summed E-state index contributed by atoms with van der Waals surface area (Å²) in [7, 11) is 0. The molecule has 0 saturated heterocycles. The van der Waals surface area contributed by atoms with Crippen LogP contribution in [0.15, 0.2) is 12.3 Å². The van der Waals surface area contributed by atoms with E-state index in [9.17, 15) is 4.79 Å². The van der Waals surface area contributed by atoms with Crippen LogP contribution < -0.4 is 5.73 Å². The van der Waals surface area contributed by atoms with Gasteiger partial charge in [-0.25, -0.2) is 9.78 Å². The van der Waals surface area contributed by atoms with Crippen LogP contribution in [-0.2, 0) is 6.42 Å². The molecule has 0 aliphatic rings. The van der Waals surface area contributed by atoms with Crippen LogP contribution in [0.25, 0.3) is 0 Å². The summed E-state index contributed by atoms with van der Waals surface area (Å²) in [5.74, 6) is -0.479. The maximum absolute atomic E-state index is 10.7. The number of carboxylic acids is 1. The molecule has 14 heavy (non-hydrogen) atoms. The minimum absolute atomic E-state index is 0.0741. The summed E-state index contributed by atoms with van der Waals surface area (Å²) in [5.41, 5.74) is 6.42. The van der Waals surface area contributed by atoms with Crippen LogP contribution in [0.1, 0.15) is 29.8 Å². The van der Waals surface area contributed by atoms with Crippen molar-refractivity contribution in [2.75, 3.05) is 5.73 Å². The number of hydrogen-bond donors (Lipinski definition) is 2. The maximum atomic E-state index is 10.7. The number of aromatic carboxylic acids is 1. The van der Waals surface area contributed by atoms with Gasteiger partial charge in [0, 0.05) is 6.20 Å². The third-order valence-electron chi connectivity index (χ3n) is 1.85. The molecule has 0 aliphatic carbocycles. The molecule has 76 valence electrons. The van der Waals surface area contributed by atoms with Gasteiger partial charge in [-0.3, -0.25) is 0 Å². The Balaban J connectivity index is 3.00. The van der Waals surface area contributed by atoms with Crippen LogP contribution in [0.3, 0.4) is 0 Å². The topological polar surface area (TPSA) is 76.2 Å². The molecule has 1 rings (SSSR count). The molecule has 0 saturated carbocycles. The Labute approximate surface area is 82.8 Å². The average Bonchev–Trinajstić information content (AvgIpc) is 2.07. The normalized spacial score (nSPS) is 10.5. The van der Waals surface area contributed by atoms with Crippen LogP contribution in [0.4, 0.5) is 5.82 Å². The molecule has 1 aromatic heterocycles. The van der Waals surface area contributed by atoms with Crippen molar-refractivity contribution in [3.05, 3.63) is 23.4 Å².